The van der Waals surface area contributed by atoms with Gasteiger partial charge < -0.3 is 0 Å². The molecular formula is C29H32. The number of benzene rings is 1. The van der Waals surface area contributed by atoms with Crippen LogP contribution in [0.5, 0.6) is 0 Å². The highest BCUT2D eigenvalue weighted by atomic mass is 14.2. The molecule has 0 heterocycles. The highest BCUT2D eigenvalue weighted by molar-refractivity contribution is 5.81. The van der Waals surface area contributed by atoms with Crippen molar-refractivity contribution in [1.29, 1.82) is 0 Å². The lowest BCUT2D eigenvalue weighted by Gasteiger charge is -2.20. The van der Waals surface area contributed by atoms with Crippen LogP contribution in [0, 0.1) is 0 Å². The van der Waals surface area contributed by atoms with Gasteiger partial charge in [0.15, 0.2) is 0 Å². The van der Waals surface area contributed by atoms with Gasteiger partial charge in [-0.1, -0.05) is 91.1 Å². The molecule has 0 spiro atoms. The predicted molar refractivity (Wildman–Crippen MR) is 130 cm³/mol. The fourth-order valence-electron chi connectivity index (χ4n) is 3.82. The van der Waals surface area contributed by atoms with Crippen molar-refractivity contribution in [2.24, 2.45) is 0 Å². The third kappa shape index (κ3) is 5.57. The Bertz CT molecular complexity index is 1050. The quantitative estimate of drug-likeness (QED) is 0.379. The zero-order valence-electron chi connectivity index (χ0n) is 17.8. The van der Waals surface area contributed by atoms with Gasteiger partial charge in [0.1, 0.15) is 0 Å². The van der Waals surface area contributed by atoms with Crippen LogP contribution in [0.15, 0.2) is 96.2 Å². The second kappa shape index (κ2) is 10.6. The SMILES string of the molecule is C=C/C(C)=C/C=c1\cc(C2=C(C3=CC=CCC3)CCC=C2)cc\c1=C/C/C=C\C. The monoisotopic (exact) mass is 380 g/mol. The van der Waals surface area contributed by atoms with Crippen molar-refractivity contribution in [3.63, 3.8) is 0 Å². The van der Waals surface area contributed by atoms with Crippen LogP contribution in [0.2, 0.25) is 0 Å². The van der Waals surface area contributed by atoms with E-state index >= 15 is 0 Å². The Morgan fingerprint density at radius 1 is 1.10 bits per heavy atom. The molecule has 0 atom stereocenters. The molecule has 0 aromatic heterocycles. The van der Waals surface area contributed by atoms with Crippen LogP contribution in [0.3, 0.4) is 0 Å². The van der Waals surface area contributed by atoms with Gasteiger partial charge >= 0.3 is 0 Å². The van der Waals surface area contributed by atoms with Crippen LogP contribution < -0.4 is 10.4 Å². The molecule has 0 amide bonds. The van der Waals surface area contributed by atoms with Gasteiger partial charge in [-0.2, -0.15) is 0 Å². The number of rotatable bonds is 6. The lowest BCUT2D eigenvalue weighted by molar-refractivity contribution is 0.902. The Balaban J connectivity index is 2.14. The molecule has 148 valence electrons. The summed E-state index contributed by atoms with van der Waals surface area (Å²) in [6, 6.07) is 6.90. The first-order valence-corrected chi connectivity index (χ1v) is 10.7. The van der Waals surface area contributed by atoms with E-state index in [2.05, 4.69) is 99.4 Å². The molecule has 2 aliphatic rings. The minimum absolute atomic E-state index is 0.952. The normalized spacial score (nSPS) is 18.7. The van der Waals surface area contributed by atoms with Crippen LogP contribution in [0.25, 0.3) is 17.7 Å². The van der Waals surface area contributed by atoms with Gasteiger partial charge in [-0.05, 0) is 84.7 Å². The summed E-state index contributed by atoms with van der Waals surface area (Å²) in [5.74, 6) is 0. The van der Waals surface area contributed by atoms with Crippen molar-refractivity contribution < 1.29 is 0 Å². The summed E-state index contributed by atoms with van der Waals surface area (Å²) in [6.07, 6.45) is 29.8. The molecule has 0 nitrogen and oxygen atoms in total. The van der Waals surface area contributed by atoms with E-state index in [1.165, 1.54) is 38.3 Å². The van der Waals surface area contributed by atoms with Gasteiger partial charge in [-0.15, -0.1) is 0 Å². The summed E-state index contributed by atoms with van der Waals surface area (Å²) in [5.41, 5.74) is 6.89. The average Bonchev–Trinajstić information content (AvgIpc) is 2.78. The van der Waals surface area contributed by atoms with Crippen LogP contribution in [0.4, 0.5) is 0 Å². The maximum Gasteiger partial charge on any atom is -0.0152 e. The highest BCUT2D eigenvalue weighted by Gasteiger charge is 2.15. The van der Waals surface area contributed by atoms with Crippen LogP contribution >= 0.6 is 0 Å². The lowest BCUT2D eigenvalue weighted by Crippen LogP contribution is -2.24. The fourth-order valence-corrected chi connectivity index (χ4v) is 3.82. The minimum Gasteiger partial charge on any atom is -0.0988 e. The minimum atomic E-state index is 0.952. The standard InChI is InChI=1S/C29H32/c1-4-6-8-13-24-20-21-27(22-26(24)19-18-23(3)5-2)29-17-12-11-16-28(29)25-14-9-7-10-15-25/h4-7,9,12-14,17-22H,2,8,10-11,15-16H2,1,3H3/b6-4-,23-18+,24-13+,26-19+. The zero-order chi connectivity index (χ0) is 20.5. The number of hydrogen-bond acceptors (Lipinski definition) is 0. The molecule has 0 heteroatoms. The van der Waals surface area contributed by atoms with Crippen molar-refractivity contribution in [2.45, 2.75) is 46.0 Å². The Morgan fingerprint density at radius 3 is 2.72 bits per heavy atom. The van der Waals surface area contributed by atoms with Crippen molar-refractivity contribution in [3.8, 4) is 0 Å². The maximum atomic E-state index is 3.88. The van der Waals surface area contributed by atoms with Crippen LogP contribution in [-0.2, 0) is 0 Å². The summed E-state index contributed by atoms with van der Waals surface area (Å²) < 4.78 is 0. The van der Waals surface area contributed by atoms with E-state index in [1.807, 2.05) is 6.08 Å². The molecule has 3 rings (SSSR count). The molecule has 0 radical (unpaired) electrons. The fraction of sp³-hybridized carbons (Fsp3) is 0.241. The first-order chi connectivity index (χ1) is 14.2. The van der Waals surface area contributed by atoms with E-state index in [0.717, 1.165) is 32.1 Å². The smallest absolute Gasteiger partial charge is 0.0152 e. The topological polar surface area (TPSA) is 0 Å². The Kier molecular flexibility index (Phi) is 7.64. The molecule has 29 heavy (non-hydrogen) atoms. The van der Waals surface area contributed by atoms with Crippen LogP contribution in [-0.4, -0.2) is 0 Å². The molecule has 0 aliphatic heterocycles. The van der Waals surface area contributed by atoms with E-state index in [9.17, 15) is 0 Å². The van der Waals surface area contributed by atoms with Gasteiger partial charge in [0.05, 0.1) is 0 Å². The molecule has 0 unspecified atom stereocenters. The van der Waals surface area contributed by atoms with Crippen molar-refractivity contribution in [3.05, 3.63) is 112 Å². The zero-order valence-corrected chi connectivity index (χ0v) is 17.8. The average molecular weight is 381 g/mol. The second-order valence-corrected chi connectivity index (χ2v) is 7.63. The lowest BCUT2D eigenvalue weighted by atomic mass is 9.84. The Hall–Kier alpha value is -2.86. The van der Waals surface area contributed by atoms with E-state index in [-0.39, 0.29) is 0 Å². The number of allylic oxidation sites excluding steroid dienone is 13. The highest BCUT2D eigenvalue weighted by Crippen LogP contribution is 2.34. The molecule has 1 aromatic carbocycles. The van der Waals surface area contributed by atoms with E-state index in [1.54, 1.807) is 0 Å². The molecule has 0 fully saturated rings. The number of hydrogen-bond donors (Lipinski definition) is 0. The maximum absolute atomic E-state index is 3.88. The van der Waals surface area contributed by atoms with Crippen molar-refractivity contribution in [1.82, 2.24) is 0 Å². The molecule has 2 aliphatic carbocycles. The van der Waals surface area contributed by atoms with Crippen molar-refractivity contribution in [2.75, 3.05) is 0 Å². The second-order valence-electron chi connectivity index (χ2n) is 7.63. The molecular weight excluding hydrogens is 348 g/mol. The molecule has 0 saturated carbocycles. The molecule has 0 N–H and O–H groups in total. The van der Waals surface area contributed by atoms with Crippen LogP contribution in [0.1, 0.15) is 51.5 Å². The Morgan fingerprint density at radius 2 is 1.97 bits per heavy atom. The third-order valence-electron chi connectivity index (χ3n) is 5.53. The third-order valence-corrected chi connectivity index (χ3v) is 5.53. The molecule has 0 bridgehead atoms. The summed E-state index contributed by atoms with van der Waals surface area (Å²) in [6.45, 7) is 8.03. The summed E-state index contributed by atoms with van der Waals surface area (Å²) in [7, 11) is 0. The van der Waals surface area contributed by atoms with Gasteiger partial charge in [0.2, 0.25) is 0 Å². The molecule has 1 aromatic rings. The van der Waals surface area contributed by atoms with E-state index in [0.29, 0.717) is 0 Å². The van der Waals surface area contributed by atoms with Crippen molar-refractivity contribution >= 4 is 17.7 Å². The van der Waals surface area contributed by atoms with Gasteiger partial charge in [0, 0.05) is 0 Å². The van der Waals surface area contributed by atoms with Gasteiger partial charge in [0.25, 0.3) is 0 Å². The Labute approximate surface area is 176 Å². The van der Waals surface area contributed by atoms with E-state index < -0.39 is 0 Å². The largest absolute Gasteiger partial charge is 0.0988 e. The predicted octanol–water partition coefficient (Wildman–Crippen LogP) is 6.73. The summed E-state index contributed by atoms with van der Waals surface area (Å²) in [5, 5.41) is 2.54. The van der Waals surface area contributed by atoms with Gasteiger partial charge in [-0.25, -0.2) is 0 Å². The summed E-state index contributed by atoms with van der Waals surface area (Å²) >= 11 is 0. The molecule has 0 saturated heterocycles. The first-order valence-electron chi connectivity index (χ1n) is 10.7. The van der Waals surface area contributed by atoms with Gasteiger partial charge in [-0.3, -0.25) is 0 Å². The summed E-state index contributed by atoms with van der Waals surface area (Å²) in [4.78, 5) is 0. The first kappa shape index (κ1) is 20.9. The van der Waals surface area contributed by atoms with E-state index in [4.69, 9.17) is 0 Å².